The highest BCUT2D eigenvalue weighted by Crippen LogP contribution is 2.19. The molecule has 2 rings (SSSR count). The lowest BCUT2D eigenvalue weighted by atomic mass is 10.2. The molecule has 1 amide bonds. The van der Waals surface area contributed by atoms with Crippen LogP contribution in [0.1, 0.15) is 21.7 Å². The SMILES string of the molecule is Cc1cccc(/C=N\NC(=O)c2cc(F)c(F)cc2Cl)n1. The minimum absolute atomic E-state index is 0.199. The molecular formula is C14H10ClF2N3O. The summed E-state index contributed by atoms with van der Waals surface area (Å²) in [4.78, 5) is 15.9. The van der Waals surface area contributed by atoms with Gasteiger partial charge in [-0.15, -0.1) is 0 Å². The number of carbonyl (C=O) groups excluding carboxylic acids is 1. The van der Waals surface area contributed by atoms with Gasteiger partial charge in [0.1, 0.15) is 0 Å². The Morgan fingerprint density at radius 3 is 2.76 bits per heavy atom. The normalized spacial score (nSPS) is 10.9. The number of hydrogen-bond donors (Lipinski definition) is 1. The maximum absolute atomic E-state index is 13.1. The topological polar surface area (TPSA) is 54.4 Å². The van der Waals surface area contributed by atoms with E-state index < -0.39 is 17.5 Å². The van der Waals surface area contributed by atoms with E-state index in [-0.39, 0.29) is 10.6 Å². The summed E-state index contributed by atoms with van der Waals surface area (Å²) in [6.45, 7) is 1.82. The first-order valence-electron chi connectivity index (χ1n) is 5.89. The van der Waals surface area contributed by atoms with E-state index in [1.165, 1.54) is 6.21 Å². The number of aryl methyl sites for hydroxylation is 1. The molecule has 7 heteroatoms. The van der Waals surface area contributed by atoms with Crippen molar-refractivity contribution in [1.29, 1.82) is 0 Å². The molecule has 0 radical (unpaired) electrons. The number of rotatable bonds is 3. The summed E-state index contributed by atoms with van der Waals surface area (Å²) in [6, 6.07) is 6.76. The van der Waals surface area contributed by atoms with Crippen molar-refractivity contribution in [2.75, 3.05) is 0 Å². The molecule has 1 aromatic carbocycles. The van der Waals surface area contributed by atoms with Crippen molar-refractivity contribution in [1.82, 2.24) is 10.4 Å². The quantitative estimate of drug-likeness (QED) is 0.538. The molecule has 0 saturated carbocycles. The number of pyridine rings is 1. The number of benzene rings is 1. The van der Waals surface area contributed by atoms with E-state index in [4.69, 9.17) is 11.6 Å². The summed E-state index contributed by atoms with van der Waals surface area (Å²) in [5.74, 6) is -3.03. The molecule has 1 N–H and O–H groups in total. The molecular weight excluding hydrogens is 300 g/mol. The van der Waals surface area contributed by atoms with Crippen LogP contribution in [0.3, 0.4) is 0 Å². The van der Waals surface area contributed by atoms with Crippen molar-refractivity contribution >= 4 is 23.7 Å². The van der Waals surface area contributed by atoms with Crippen molar-refractivity contribution in [3.63, 3.8) is 0 Å². The molecule has 2 aromatic rings. The third-order valence-electron chi connectivity index (χ3n) is 2.53. The van der Waals surface area contributed by atoms with Crippen molar-refractivity contribution in [2.24, 2.45) is 5.10 Å². The van der Waals surface area contributed by atoms with Crippen molar-refractivity contribution < 1.29 is 13.6 Å². The maximum Gasteiger partial charge on any atom is 0.272 e. The summed E-state index contributed by atoms with van der Waals surface area (Å²) >= 11 is 5.68. The average Bonchev–Trinajstić information content (AvgIpc) is 2.43. The molecule has 0 aliphatic rings. The van der Waals surface area contributed by atoms with Gasteiger partial charge in [-0.3, -0.25) is 9.78 Å². The molecule has 0 aliphatic carbocycles. The van der Waals surface area contributed by atoms with E-state index in [1.54, 1.807) is 12.1 Å². The molecule has 0 fully saturated rings. The minimum Gasteiger partial charge on any atom is -0.267 e. The van der Waals surface area contributed by atoms with Crippen LogP contribution in [0, 0.1) is 18.6 Å². The van der Waals surface area contributed by atoms with Gasteiger partial charge >= 0.3 is 0 Å². The minimum atomic E-state index is -1.16. The fourth-order valence-corrected chi connectivity index (χ4v) is 1.79. The van der Waals surface area contributed by atoms with Gasteiger partial charge in [-0.2, -0.15) is 5.10 Å². The van der Waals surface area contributed by atoms with Crippen molar-refractivity contribution in [3.05, 3.63) is 63.9 Å². The molecule has 4 nitrogen and oxygen atoms in total. The zero-order valence-electron chi connectivity index (χ0n) is 10.9. The molecule has 1 heterocycles. The van der Waals surface area contributed by atoms with Crippen LogP contribution in [-0.2, 0) is 0 Å². The number of halogens is 3. The Hall–Kier alpha value is -2.34. The highest BCUT2D eigenvalue weighted by Gasteiger charge is 2.14. The first kappa shape index (κ1) is 15.1. The van der Waals surface area contributed by atoms with Crippen molar-refractivity contribution in [3.8, 4) is 0 Å². The Morgan fingerprint density at radius 1 is 1.33 bits per heavy atom. The second-order valence-corrected chi connectivity index (χ2v) is 4.56. The molecule has 108 valence electrons. The fourth-order valence-electron chi connectivity index (χ4n) is 1.55. The standard InChI is InChI=1S/C14H10ClF2N3O/c1-8-3-2-4-9(19-8)7-18-20-14(21)10-5-12(16)13(17)6-11(10)15/h2-7H,1H3,(H,20,21)/b18-7-. The lowest BCUT2D eigenvalue weighted by Gasteiger charge is -2.03. The van der Waals surface area contributed by atoms with Crippen LogP contribution >= 0.6 is 11.6 Å². The van der Waals surface area contributed by atoms with Crippen LogP contribution in [0.4, 0.5) is 8.78 Å². The van der Waals surface area contributed by atoms with E-state index in [2.05, 4.69) is 15.5 Å². The lowest BCUT2D eigenvalue weighted by Crippen LogP contribution is -2.18. The molecule has 0 aliphatic heterocycles. The van der Waals surface area contributed by atoms with Gasteiger partial charge in [-0.25, -0.2) is 14.2 Å². The number of amides is 1. The molecule has 0 atom stereocenters. The third kappa shape index (κ3) is 3.82. The monoisotopic (exact) mass is 309 g/mol. The van der Waals surface area contributed by atoms with Crippen LogP contribution in [0.2, 0.25) is 5.02 Å². The number of nitrogens with one attached hydrogen (secondary N) is 1. The molecule has 0 spiro atoms. The summed E-state index contributed by atoms with van der Waals surface area (Å²) in [5.41, 5.74) is 3.32. The highest BCUT2D eigenvalue weighted by atomic mass is 35.5. The van der Waals surface area contributed by atoms with Crippen LogP contribution in [-0.4, -0.2) is 17.1 Å². The predicted octanol–water partition coefficient (Wildman–Crippen LogP) is 3.09. The van der Waals surface area contributed by atoms with Crippen LogP contribution < -0.4 is 5.43 Å². The number of hydrazone groups is 1. The first-order chi connectivity index (χ1) is 9.97. The Bertz CT molecular complexity index is 719. The highest BCUT2D eigenvalue weighted by molar-refractivity contribution is 6.33. The molecule has 0 bridgehead atoms. The third-order valence-corrected chi connectivity index (χ3v) is 2.84. The summed E-state index contributed by atoms with van der Waals surface area (Å²) in [5, 5.41) is 3.49. The summed E-state index contributed by atoms with van der Waals surface area (Å²) in [6.07, 6.45) is 1.33. The Balaban J connectivity index is 2.10. The Kier molecular flexibility index (Phi) is 4.59. The number of hydrogen-bond acceptors (Lipinski definition) is 3. The molecule has 1 aromatic heterocycles. The number of carbonyl (C=O) groups is 1. The van der Waals surface area contributed by atoms with Gasteiger partial charge in [0.25, 0.3) is 5.91 Å². The molecule has 0 saturated heterocycles. The predicted molar refractivity (Wildman–Crippen MR) is 75.4 cm³/mol. The summed E-state index contributed by atoms with van der Waals surface area (Å²) in [7, 11) is 0. The van der Waals surface area contributed by atoms with Crippen LogP contribution in [0.15, 0.2) is 35.4 Å². The number of aromatic nitrogens is 1. The van der Waals surface area contributed by atoms with E-state index in [1.807, 2.05) is 13.0 Å². The van der Waals surface area contributed by atoms with E-state index in [9.17, 15) is 13.6 Å². The van der Waals surface area contributed by atoms with Crippen LogP contribution in [0.25, 0.3) is 0 Å². The summed E-state index contributed by atoms with van der Waals surface area (Å²) < 4.78 is 26.0. The lowest BCUT2D eigenvalue weighted by molar-refractivity contribution is 0.0954. The first-order valence-corrected chi connectivity index (χ1v) is 6.27. The van der Waals surface area contributed by atoms with Crippen LogP contribution in [0.5, 0.6) is 0 Å². The smallest absolute Gasteiger partial charge is 0.267 e. The van der Waals surface area contributed by atoms with Gasteiger partial charge in [0.2, 0.25) is 0 Å². The second-order valence-electron chi connectivity index (χ2n) is 4.15. The maximum atomic E-state index is 13.1. The molecule has 21 heavy (non-hydrogen) atoms. The van der Waals surface area contributed by atoms with Gasteiger partial charge in [-0.05, 0) is 31.2 Å². The van der Waals surface area contributed by atoms with Crippen molar-refractivity contribution in [2.45, 2.75) is 6.92 Å². The van der Waals surface area contributed by atoms with Gasteiger partial charge < -0.3 is 0 Å². The zero-order valence-corrected chi connectivity index (χ0v) is 11.7. The second kappa shape index (κ2) is 6.41. The zero-order chi connectivity index (χ0) is 15.4. The average molecular weight is 310 g/mol. The fraction of sp³-hybridized carbons (Fsp3) is 0.0714. The number of nitrogens with zero attached hydrogens (tertiary/aromatic N) is 2. The van der Waals surface area contributed by atoms with E-state index >= 15 is 0 Å². The van der Waals surface area contributed by atoms with Gasteiger partial charge in [0.05, 0.1) is 22.5 Å². The van der Waals surface area contributed by atoms with Gasteiger partial charge in [0.15, 0.2) is 11.6 Å². The van der Waals surface area contributed by atoms with Gasteiger partial charge in [-0.1, -0.05) is 17.7 Å². The Labute approximate surface area is 124 Å². The Morgan fingerprint density at radius 2 is 2.05 bits per heavy atom. The molecule has 0 unspecified atom stereocenters. The van der Waals surface area contributed by atoms with E-state index in [0.29, 0.717) is 11.8 Å². The largest absolute Gasteiger partial charge is 0.272 e. The van der Waals surface area contributed by atoms with E-state index in [0.717, 1.165) is 11.8 Å². The van der Waals surface area contributed by atoms with Gasteiger partial charge in [0, 0.05) is 5.69 Å².